The molecule has 1 aliphatic heterocycles. The Morgan fingerprint density at radius 2 is 1.94 bits per heavy atom. The number of amidine groups is 1. The second-order valence-corrected chi connectivity index (χ2v) is 10.5. The number of benzene rings is 1. The van der Waals surface area contributed by atoms with Crippen LogP contribution in [0.25, 0.3) is 11.1 Å². The zero-order valence-electron chi connectivity index (χ0n) is 19.1. The number of alkyl halides is 4. The number of hydrogen-bond acceptors (Lipinski definition) is 6. The summed E-state index contributed by atoms with van der Waals surface area (Å²) >= 11 is 0. The Morgan fingerprint density at radius 3 is 2.58 bits per heavy atom. The maximum absolute atomic E-state index is 14.9. The fourth-order valence-electron chi connectivity index (χ4n) is 3.47. The lowest BCUT2D eigenvalue weighted by Crippen LogP contribution is -2.29. The number of carbonyl (C=O) groups is 1. The van der Waals surface area contributed by atoms with Gasteiger partial charge in [0.25, 0.3) is 0 Å². The highest BCUT2D eigenvalue weighted by molar-refractivity contribution is 7.93. The molecule has 1 aliphatic rings. The van der Waals surface area contributed by atoms with E-state index in [0.717, 1.165) is 31.5 Å². The van der Waals surface area contributed by atoms with E-state index < -0.39 is 51.4 Å². The van der Waals surface area contributed by atoms with Gasteiger partial charge in [-0.25, -0.2) is 27.4 Å². The van der Waals surface area contributed by atoms with Gasteiger partial charge in [0.05, 0.1) is 28.8 Å². The Balaban J connectivity index is 1.93. The molecule has 14 heteroatoms. The number of nitrogens with zero attached hydrogens (tertiary/aromatic N) is 3. The first-order chi connectivity index (χ1) is 16.6. The van der Waals surface area contributed by atoms with Gasteiger partial charge < -0.3 is 10.1 Å². The summed E-state index contributed by atoms with van der Waals surface area (Å²) in [5.41, 5.74) is 0.265. The van der Waals surface area contributed by atoms with Crippen molar-refractivity contribution in [2.75, 3.05) is 24.4 Å². The summed E-state index contributed by atoms with van der Waals surface area (Å²) in [6.07, 6.45) is -2.74. The summed E-state index contributed by atoms with van der Waals surface area (Å²) in [5.74, 6) is -6.81. The van der Waals surface area contributed by atoms with Crippen molar-refractivity contribution in [3.8, 4) is 16.9 Å². The van der Waals surface area contributed by atoms with Crippen molar-refractivity contribution in [3.05, 3.63) is 53.7 Å². The molecule has 0 saturated carbocycles. The molecule has 2 heterocycles. The molecular weight excluding hydrogens is 514 g/mol. The van der Waals surface area contributed by atoms with Crippen LogP contribution in [-0.2, 0) is 14.5 Å². The molecule has 1 aromatic carbocycles. The lowest BCUT2D eigenvalue weighted by molar-refractivity contribution is -0.169. The van der Waals surface area contributed by atoms with Crippen LogP contribution in [0.5, 0.6) is 5.75 Å². The number of amides is 1. The summed E-state index contributed by atoms with van der Waals surface area (Å²) in [6, 6.07) is 4.71. The molecule has 0 fully saturated rings. The highest BCUT2D eigenvalue weighted by Gasteiger charge is 2.39. The van der Waals surface area contributed by atoms with Gasteiger partial charge in [0.1, 0.15) is 29.0 Å². The molecule has 194 valence electrons. The van der Waals surface area contributed by atoms with Crippen LogP contribution in [0.3, 0.4) is 0 Å². The van der Waals surface area contributed by atoms with E-state index in [-0.39, 0.29) is 34.1 Å². The minimum absolute atomic E-state index is 0.000929. The van der Waals surface area contributed by atoms with Gasteiger partial charge in [0.2, 0.25) is 5.79 Å². The van der Waals surface area contributed by atoms with E-state index in [1.54, 1.807) is 0 Å². The molecule has 7 nitrogen and oxygen atoms in total. The van der Waals surface area contributed by atoms with E-state index in [0.29, 0.717) is 0 Å². The molecule has 2 unspecified atom stereocenters. The molecular formula is C22H20F6N4O3S. The molecule has 2 aromatic rings. The number of hydrogen-bond donors (Lipinski definition) is 1. The number of dihydropyridines is 1. The molecule has 1 N–H and O–H groups in total. The van der Waals surface area contributed by atoms with Gasteiger partial charge in [-0.1, -0.05) is 0 Å². The third-order valence-electron chi connectivity index (χ3n) is 4.78. The largest absolute Gasteiger partial charge is 0.496 e. The Hall–Kier alpha value is -3.42. The summed E-state index contributed by atoms with van der Waals surface area (Å²) < 4.78 is 101. The van der Waals surface area contributed by atoms with Crippen LogP contribution in [0.15, 0.2) is 51.5 Å². The third kappa shape index (κ3) is 6.83. The zero-order valence-corrected chi connectivity index (χ0v) is 19.9. The maximum atomic E-state index is 14.9. The number of pyridine rings is 1. The van der Waals surface area contributed by atoms with Crippen molar-refractivity contribution in [2.24, 2.45) is 9.36 Å². The SMILES string of the molecule is COc1cc(F)ccc1-c1cc(NC2=NC(C)(F)CC(CS(C)(=O)=NC(=O)C(F)(F)F)=C2)ncc1F. The van der Waals surface area contributed by atoms with Crippen LogP contribution in [0, 0.1) is 11.6 Å². The average molecular weight is 534 g/mol. The van der Waals surface area contributed by atoms with E-state index in [4.69, 9.17) is 4.74 Å². The topological polar surface area (TPSA) is 93.0 Å². The van der Waals surface area contributed by atoms with E-state index in [9.17, 15) is 35.3 Å². The van der Waals surface area contributed by atoms with E-state index in [1.165, 1.54) is 25.3 Å². The highest BCUT2D eigenvalue weighted by atomic mass is 32.2. The van der Waals surface area contributed by atoms with Crippen LogP contribution in [0.4, 0.5) is 32.2 Å². The van der Waals surface area contributed by atoms with Crippen molar-refractivity contribution in [3.63, 3.8) is 0 Å². The Labute approximate surface area is 202 Å². The Morgan fingerprint density at radius 1 is 1.25 bits per heavy atom. The predicted octanol–water partition coefficient (Wildman–Crippen LogP) is 5.05. The number of anilines is 1. The number of aromatic nitrogens is 1. The summed E-state index contributed by atoms with van der Waals surface area (Å²) in [7, 11) is -2.41. The van der Waals surface area contributed by atoms with Crippen LogP contribution in [0.2, 0.25) is 0 Å². The Bertz CT molecular complexity index is 1380. The van der Waals surface area contributed by atoms with Gasteiger partial charge in [0, 0.05) is 29.9 Å². The predicted molar refractivity (Wildman–Crippen MR) is 122 cm³/mol. The van der Waals surface area contributed by atoms with Crippen molar-refractivity contribution < 1.29 is 40.1 Å². The quantitative estimate of drug-likeness (QED) is 0.428. The van der Waals surface area contributed by atoms with Gasteiger partial charge in [-0.2, -0.15) is 17.5 Å². The van der Waals surface area contributed by atoms with Gasteiger partial charge in [-0.05, 0) is 36.8 Å². The lowest BCUT2D eigenvalue weighted by Gasteiger charge is -2.24. The third-order valence-corrected chi connectivity index (χ3v) is 6.24. The number of methoxy groups -OCH3 is 1. The van der Waals surface area contributed by atoms with E-state index in [2.05, 4.69) is 19.7 Å². The molecule has 3 rings (SSSR count). The minimum atomic E-state index is -5.29. The number of carbonyl (C=O) groups excluding carboxylic acids is 1. The van der Waals surface area contributed by atoms with E-state index in [1.807, 2.05) is 0 Å². The first kappa shape index (κ1) is 27.2. The summed E-state index contributed by atoms with van der Waals surface area (Å²) in [4.78, 5) is 18.8. The molecule has 0 bridgehead atoms. The van der Waals surface area contributed by atoms with Gasteiger partial charge in [0.15, 0.2) is 0 Å². The first-order valence-corrected chi connectivity index (χ1v) is 12.2. The molecule has 0 aliphatic carbocycles. The highest BCUT2D eigenvalue weighted by Crippen LogP contribution is 2.34. The molecule has 2 atom stereocenters. The monoisotopic (exact) mass is 534 g/mol. The molecule has 0 spiro atoms. The molecule has 0 radical (unpaired) electrons. The number of halogens is 6. The minimum Gasteiger partial charge on any atom is -0.496 e. The van der Waals surface area contributed by atoms with Crippen molar-refractivity contribution in [1.29, 1.82) is 0 Å². The van der Waals surface area contributed by atoms with Gasteiger partial charge in [-0.3, -0.25) is 4.79 Å². The van der Waals surface area contributed by atoms with Crippen molar-refractivity contribution in [2.45, 2.75) is 25.3 Å². The van der Waals surface area contributed by atoms with Crippen molar-refractivity contribution >= 4 is 27.3 Å². The van der Waals surface area contributed by atoms with Crippen LogP contribution < -0.4 is 10.1 Å². The molecule has 1 amide bonds. The van der Waals surface area contributed by atoms with Gasteiger partial charge >= 0.3 is 12.1 Å². The van der Waals surface area contributed by atoms with Crippen LogP contribution in [-0.4, -0.2) is 52.0 Å². The van der Waals surface area contributed by atoms with Gasteiger partial charge in [-0.15, -0.1) is 0 Å². The molecule has 0 saturated heterocycles. The zero-order chi connectivity index (χ0) is 26.9. The summed E-state index contributed by atoms with van der Waals surface area (Å²) in [5, 5.41) is 2.67. The second-order valence-electron chi connectivity index (χ2n) is 8.14. The second kappa shape index (κ2) is 9.91. The van der Waals surface area contributed by atoms with Crippen LogP contribution in [0.1, 0.15) is 13.3 Å². The average Bonchev–Trinajstić information content (AvgIpc) is 2.72. The standard InChI is InChI=1S/C22H20F6N4O3S/c1-21(25)9-12(11-36(3,34)32-20(33)22(26,27)28)6-19(31-21)30-18-8-15(16(24)10-29-18)14-5-4-13(23)7-17(14)35-2/h4-8,10H,9,11H2,1-3H3,(H,29,30,31). The lowest BCUT2D eigenvalue weighted by atomic mass is 10.0. The fraction of sp³-hybridized carbons (Fsp3) is 0.318. The number of ether oxygens (including phenoxy) is 1. The smallest absolute Gasteiger partial charge is 0.474 e. The number of rotatable bonds is 5. The normalized spacial score (nSPS) is 19.6. The maximum Gasteiger partial charge on any atom is 0.474 e. The summed E-state index contributed by atoms with van der Waals surface area (Å²) in [6.45, 7) is 1.09. The Kier molecular flexibility index (Phi) is 7.48. The first-order valence-electron chi connectivity index (χ1n) is 10.1. The van der Waals surface area contributed by atoms with Crippen molar-refractivity contribution in [1.82, 2.24) is 4.98 Å². The van der Waals surface area contributed by atoms with E-state index >= 15 is 0 Å². The fourth-order valence-corrected chi connectivity index (χ4v) is 4.87. The molecule has 36 heavy (non-hydrogen) atoms. The van der Waals surface area contributed by atoms with Crippen LogP contribution >= 0.6 is 0 Å². The number of nitrogens with one attached hydrogen (secondary N) is 1. The molecule has 1 aromatic heterocycles. The number of aliphatic imine (C=N–C) groups is 1.